The first-order valence-corrected chi connectivity index (χ1v) is 10.1. The zero-order valence-corrected chi connectivity index (χ0v) is 18.3. The summed E-state index contributed by atoms with van der Waals surface area (Å²) < 4.78 is 10.8. The Bertz CT molecular complexity index is 819. The Kier molecular flexibility index (Phi) is 9.67. The van der Waals surface area contributed by atoms with Gasteiger partial charge < -0.3 is 25.0 Å². The molecule has 2 N–H and O–H groups in total. The molecule has 2 rings (SSSR count). The molecule has 0 radical (unpaired) electrons. The molecule has 0 aliphatic carbocycles. The average Bonchev–Trinajstić information content (AvgIpc) is 2.75. The summed E-state index contributed by atoms with van der Waals surface area (Å²) in [5.74, 6) is 1.47. The van der Waals surface area contributed by atoms with Gasteiger partial charge in [0.25, 0.3) is 5.91 Å². The van der Waals surface area contributed by atoms with Crippen LogP contribution in [0.1, 0.15) is 29.3 Å². The number of hydrogen-bond donors (Lipinski definition) is 2. The van der Waals surface area contributed by atoms with E-state index in [1.807, 2.05) is 55.5 Å². The van der Waals surface area contributed by atoms with Crippen molar-refractivity contribution >= 4 is 17.6 Å². The Hall–Kier alpha value is -3.06. The first kappa shape index (κ1) is 23.2. The molecule has 0 heterocycles. The third-order valence-electron chi connectivity index (χ3n) is 4.23. The minimum atomic E-state index is -0.00984. The summed E-state index contributed by atoms with van der Waals surface area (Å²) in [6.07, 6.45) is 0.844. The van der Waals surface area contributed by atoms with Gasteiger partial charge >= 0.3 is 0 Å². The summed E-state index contributed by atoms with van der Waals surface area (Å²) in [7, 11) is 5.17. The average molecular weight is 413 g/mol. The molecule has 0 unspecified atom stereocenters. The Morgan fingerprint density at radius 1 is 1.10 bits per heavy atom. The second-order valence-electron chi connectivity index (χ2n) is 6.94. The van der Waals surface area contributed by atoms with Crippen LogP contribution in [0.3, 0.4) is 0 Å². The number of nitrogens with zero attached hydrogens (tertiary/aromatic N) is 2. The molecule has 7 nitrogen and oxygen atoms in total. The molecule has 162 valence electrons. The highest BCUT2D eigenvalue weighted by atomic mass is 16.5. The van der Waals surface area contributed by atoms with Crippen LogP contribution in [-0.4, -0.2) is 57.7 Å². The summed E-state index contributed by atoms with van der Waals surface area (Å²) in [6.45, 7) is 4.56. The molecule has 0 saturated heterocycles. The van der Waals surface area contributed by atoms with Crippen molar-refractivity contribution < 1.29 is 14.3 Å². The van der Waals surface area contributed by atoms with Crippen molar-refractivity contribution in [1.82, 2.24) is 10.2 Å². The standard InChI is InChI=1S/C23H32N4O3/c1-5-24-23(25-17-18-10-12-19(13-11-18)22(28)27(2)3)26-20-8-6-9-21(16-20)30-15-7-14-29-4/h6,8-13,16H,5,7,14-15,17H2,1-4H3,(H2,24,25,26). The van der Waals surface area contributed by atoms with E-state index in [1.165, 1.54) is 0 Å². The lowest BCUT2D eigenvalue weighted by atomic mass is 10.1. The maximum atomic E-state index is 12.0. The molecule has 7 heteroatoms. The summed E-state index contributed by atoms with van der Waals surface area (Å²) in [5.41, 5.74) is 2.59. The number of nitrogens with one attached hydrogen (secondary N) is 2. The maximum Gasteiger partial charge on any atom is 0.253 e. The zero-order valence-electron chi connectivity index (χ0n) is 18.3. The second kappa shape index (κ2) is 12.5. The molecule has 1 amide bonds. The molecule has 0 fully saturated rings. The van der Waals surface area contributed by atoms with Crippen LogP contribution in [-0.2, 0) is 11.3 Å². The van der Waals surface area contributed by atoms with E-state index in [2.05, 4.69) is 15.6 Å². The molecule has 0 atom stereocenters. The van der Waals surface area contributed by atoms with Crippen LogP contribution in [0.4, 0.5) is 5.69 Å². The van der Waals surface area contributed by atoms with Gasteiger partial charge in [-0.2, -0.15) is 0 Å². The van der Waals surface area contributed by atoms with Gasteiger partial charge in [0.05, 0.1) is 13.2 Å². The predicted octanol–water partition coefficient (Wildman–Crippen LogP) is 3.38. The van der Waals surface area contributed by atoms with Gasteiger partial charge in [-0.25, -0.2) is 4.99 Å². The molecule has 2 aromatic carbocycles. The number of methoxy groups -OCH3 is 1. The second-order valence-corrected chi connectivity index (χ2v) is 6.94. The van der Waals surface area contributed by atoms with E-state index in [0.29, 0.717) is 31.3 Å². The molecule has 30 heavy (non-hydrogen) atoms. The van der Waals surface area contributed by atoms with Crippen LogP contribution < -0.4 is 15.4 Å². The topological polar surface area (TPSA) is 75.2 Å². The number of aliphatic imine (C=N–C) groups is 1. The van der Waals surface area contributed by atoms with E-state index >= 15 is 0 Å². The summed E-state index contributed by atoms with van der Waals surface area (Å²) in [4.78, 5) is 18.2. The van der Waals surface area contributed by atoms with E-state index in [0.717, 1.165) is 30.0 Å². The number of amides is 1. The van der Waals surface area contributed by atoms with Crippen molar-refractivity contribution in [2.45, 2.75) is 19.9 Å². The van der Waals surface area contributed by atoms with Gasteiger partial charge in [0, 0.05) is 58.1 Å². The quantitative estimate of drug-likeness (QED) is 0.355. The minimum Gasteiger partial charge on any atom is -0.493 e. The van der Waals surface area contributed by atoms with Gasteiger partial charge in [0.15, 0.2) is 5.96 Å². The third-order valence-corrected chi connectivity index (χ3v) is 4.23. The smallest absolute Gasteiger partial charge is 0.253 e. The fraction of sp³-hybridized carbons (Fsp3) is 0.391. The number of anilines is 1. The fourth-order valence-electron chi connectivity index (χ4n) is 2.68. The lowest BCUT2D eigenvalue weighted by molar-refractivity contribution is 0.0827. The van der Waals surface area contributed by atoms with Crippen molar-refractivity contribution in [2.24, 2.45) is 4.99 Å². The zero-order chi connectivity index (χ0) is 21.8. The summed E-state index contributed by atoms with van der Waals surface area (Å²) in [6, 6.07) is 15.3. The molecule has 0 spiro atoms. The fourth-order valence-corrected chi connectivity index (χ4v) is 2.68. The third kappa shape index (κ3) is 7.75. The number of rotatable bonds is 10. The Morgan fingerprint density at radius 2 is 1.87 bits per heavy atom. The highest BCUT2D eigenvalue weighted by Gasteiger charge is 2.07. The normalized spacial score (nSPS) is 11.1. The van der Waals surface area contributed by atoms with E-state index in [1.54, 1.807) is 26.1 Å². The van der Waals surface area contributed by atoms with Crippen LogP contribution >= 0.6 is 0 Å². The molecule has 2 aromatic rings. The van der Waals surface area contributed by atoms with E-state index in [-0.39, 0.29) is 5.91 Å². The van der Waals surface area contributed by atoms with Crippen LogP contribution in [0.25, 0.3) is 0 Å². The predicted molar refractivity (Wildman–Crippen MR) is 121 cm³/mol. The number of guanidine groups is 1. The number of carbonyl (C=O) groups is 1. The van der Waals surface area contributed by atoms with E-state index < -0.39 is 0 Å². The van der Waals surface area contributed by atoms with Gasteiger partial charge in [-0.3, -0.25) is 4.79 Å². The minimum absolute atomic E-state index is 0.00984. The largest absolute Gasteiger partial charge is 0.493 e. The van der Waals surface area contributed by atoms with Gasteiger partial charge in [0.2, 0.25) is 0 Å². The van der Waals surface area contributed by atoms with Crippen LogP contribution in [0.2, 0.25) is 0 Å². The monoisotopic (exact) mass is 412 g/mol. The molecular weight excluding hydrogens is 380 g/mol. The van der Waals surface area contributed by atoms with Gasteiger partial charge in [-0.1, -0.05) is 18.2 Å². The van der Waals surface area contributed by atoms with Crippen molar-refractivity contribution in [2.75, 3.05) is 46.3 Å². The van der Waals surface area contributed by atoms with Crippen LogP contribution in [0.15, 0.2) is 53.5 Å². The van der Waals surface area contributed by atoms with Crippen molar-refractivity contribution in [1.29, 1.82) is 0 Å². The van der Waals surface area contributed by atoms with Gasteiger partial charge in [-0.15, -0.1) is 0 Å². The Labute approximate surface area is 179 Å². The van der Waals surface area contributed by atoms with E-state index in [9.17, 15) is 4.79 Å². The van der Waals surface area contributed by atoms with Crippen molar-refractivity contribution in [3.05, 3.63) is 59.7 Å². The van der Waals surface area contributed by atoms with E-state index in [4.69, 9.17) is 9.47 Å². The number of hydrogen-bond acceptors (Lipinski definition) is 4. The molecule has 0 aromatic heterocycles. The van der Waals surface area contributed by atoms with Crippen LogP contribution in [0.5, 0.6) is 5.75 Å². The highest BCUT2D eigenvalue weighted by Crippen LogP contribution is 2.17. The molecule has 0 saturated carbocycles. The number of carbonyl (C=O) groups excluding carboxylic acids is 1. The summed E-state index contributed by atoms with van der Waals surface area (Å²) in [5, 5.41) is 6.56. The molecule has 0 bridgehead atoms. The SMILES string of the molecule is CCNC(=NCc1ccc(C(=O)N(C)C)cc1)Nc1cccc(OCCCOC)c1. The van der Waals surface area contributed by atoms with Crippen molar-refractivity contribution in [3.8, 4) is 5.75 Å². The molecular formula is C23H32N4O3. The Morgan fingerprint density at radius 3 is 2.53 bits per heavy atom. The van der Waals surface area contributed by atoms with Gasteiger partial charge in [-0.05, 0) is 36.8 Å². The van der Waals surface area contributed by atoms with Crippen molar-refractivity contribution in [3.63, 3.8) is 0 Å². The first-order valence-electron chi connectivity index (χ1n) is 10.1. The summed E-state index contributed by atoms with van der Waals surface area (Å²) >= 11 is 0. The molecule has 0 aliphatic rings. The van der Waals surface area contributed by atoms with Crippen LogP contribution in [0, 0.1) is 0 Å². The lowest BCUT2D eigenvalue weighted by Gasteiger charge is -2.13. The molecule has 0 aliphatic heterocycles. The Balaban J connectivity index is 2.00. The van der Waals surface area contributed by atoms with Gasteiger partial charge in [0.1, 0.15) is 5.75 Å². The highest BCUT2D eigenvalue weighted by molar-refractivity contribution is 5.94. The lowest BCUT2D eigenvalue weighted by Crippen LogP contribution is -2.30. The number of benzene rings is 2. The maximum absolute atomic E-state index is 12.0. The number of ether oxygens (including phenoxy) is 2. The first-order chi connectivity index (χ1) is 14.5.